The van der Waals surface area contributed by atoms with Crippen LogP contribution in [0.4, 0.5) is 0 Å². The van der Waals surface area contributed by atoms with Gasteiger partial charge >= 0.3 is 0 Å². The Morgan fingerprint density at radius 1 is 0.971 bits per heavy atom. The Hall–Kier alpha value is -2.61. The van der Waals surface area contributed by atoms with Crippen LogP contribution in [0.25, 0.3) is 0 Å². The number of fused-ring (bicyclic) bond motifs is 1. The van der Waals surface area contributed by atoms with Crippen LogP contribution in [0.1, 0.15) is 30.4 Å². The molecule has 2 fully saturated rings. The number of piperidine rings is 1. The molecule has 3 aliphatic rings. The summed E-state index contributed by atoms with van der Waals surface area (Å²) in [7, 11) is 2.21. The van der Waals surface area contributed by atoms with E-state index in [9.17, 15) is 4.79 Å². The Morgan fingerprint density at radius 3 is 2.60 bits per heavy atom. The Bertz CT molecular complexity index is 977. The number of nitrogens with one attached hydrogen (secondary N) is 1. The first-order valence-electron chi connectivity index (χ1n) is 13.0. The van der Waals surface area contributed by atoms with Gasteiger partial charge in [0.2, 0.25) is 12.7 Å². The quantitative estimate of drug-likeness (QED) is 0.630. The van der Waals surface area contributed by atoms with Gasteiger partial charge in [-0.2, -0.15) is 0 Å². The molecule has 188 valence electrons. The molecule has 0 saturated carbocycles. The molecule has 7 nitrogen and oxygen atoms in total. The van der Waals surface area contributed by atoms with Gasteiger partial charge in [0.15, 0.2) is 11.5 Å². The molecule has 1 amide bonds. The fourth-order valence-corrected chi connectivity index (χ4v) is 5.65. The molecular weight excluding hydrogens is 440 g/mol. The second kappa shape index (κ2) is 11.4. The maximum Gasteiger partial charge on any atom is 0.231 e. The monoisotopic (exact) mass is 478 g/mol. The third-order valence-corrected chi connectivity index (χ3v) is 7.70. The predicted octanol–water partition coefficient (Wildman–Crippen LogP) is 2.95. The number of amides is 1. The number of benzene rings is 2. The molecule has 0 aromatic heterocycles. The second-order valence-electron chi connectivity index (χ2n) is 10.2. The number of carbonyl (C=O) groups is 1. The third kappa shape index (κ3) is 6.34. The summed E-state index contributed by atoms with van der Waals surface area (Å²) in [6, 6.07) is 17.2. The highest BCUT2D eigenvalue weighted by atomic mass is 16.7. The minimum absolute atomic E-state index is 0.125. The molecule has 0 unspecified atom stereocenters. The van der Waals surface area contributed by atoms with E-state index in [1.54, 1.807) is 0 Å². The van der Waals surface area contributed by atoms with Gasteiger partial charge < -0.3 is 19.7 Å². The van der Waals surface area contributed by atoms with E-state index >= 15 is 0 Å². The van der Waals surface area contributed by atoms with Crippen LogP contribution in [0.15, 0.2) is 48.5 Å². The lowest BCUT2D eigenvalue weighted by Crippen LogP contribution is -2.56. The van der Waals surface area contributed by atoms with E-state index in [1.807, 2.05) is 18.2 Å². The molecule has 2 atom stereocenters. The van der Waals surface area contributed by atoms with Crippen LogP contribution in [0.5, 0.6) is 11.5 Å². The highest BCUT2D eigenvalue weighted by Crippen LogP contribution is 2.32. The number of hydrogen-bond donors (Lipinski definition) is 1. The first-order chi connectivity index (χ1) is 17.1. The summed E-state index contributed by atoms with van der Waals surface area (Å²) in [5, 5.41) is 3.11. The molecule has 0 spiro atoms. The van der Waals surface area contributed by atoms with Crippen molar-refractivity contribution in [2.45, 2.75) is 38.4 Å². The summed E-state index contributed by atoms with van der Waals surface area (Å²) < 4.78 is 10.8. The van der Waals surface area contributed by atoms with Crippen LogP contribution in [0.3, 0.4) is 0 Å². The van der Waals surface area contributed by atoms with Gasteiger partial charge in [-0.05, 0) is 55.6 Å². The van der Waals surface area contributed by atoms with Gasteiger partial charge in [-0.1, -0.05) is 36.4 Å². The first kappa shape index (κ1) is 24.1. The third-order valence-electron chi connectivity index (χ3n) is 7.70. The Labute approximate surface area is 209 Å². The maximum atomic E-state index is 12.8. The van der Waals surface area contributed by atoms with Crippen LogP contribution in [-0.4, -0.2) is 79.8 Å². The highest BCUT2D eigenvalue weighted by Gasteiger charge is 2.34. The minimum atomic E-state index is 0.125. The number of likely N-dealkylation sites (tertiary alicyclic amines) is 1. The maximum absolute atomic E-state index is 12.8. The molecule has 35 heavy (non-hydrogen) atoms. The van der Waals surface area contributed by atoms with Crippen LogP contribution in [-0.2, 0) is 17.9 Å². The van der Waals surface area contributed by atoms with Crippen LogP contribution >= 0.6 is 0 Å². The topological polar surface area (TPSA) is 57.3 Å². The van der Waals surface area contributed by atoms with Crippen molar-refractivity contribution in [3.05, 3.63) is 59.7 Å². The van der Waals surface area contributed by atoms with Gasteiger partial charge in [-0.3, -0.25) is 14.6 Å². The molecular formula is C28H38N4O3. The van der Waals surface area contributed by atoms with Gasteiger partial charge in [0.25, 0.3) is 0 Å². The number of piperazine rings is 1. The normalized spacial score (nSPS) is 23.3. The van der Waals surface area contributed by atoms with Crippen molar-refractivity contribution in [3.8, 4) is 11.5 Å². The van der Waals surface area contributed by atoms with E-state index < -0.39 is 0 Å². The molecule has 3 aliphatic heterocycles. The molecule has 5 rings (SSSR count). The van der Waals surface area contributed by atoms with Crippen LogP contribution in [0.2, 0.25) is 0 Å². The van der Waals surface area contributed by atoms with E-state index in [0.717, 1.165) is 69.3 Å². The smallest absolute Gasteiger partial charge is 0.231 e. The lowest BCUT2D eigenvalue weighted by atomic mass is 9.86. The molecule has 0 bridgehead atoms. The average molecular weight is 479 g/mol. The van der Waals surface area contributed by atoms with Crippen molar-refractivity contribution in [3.63, 3.8) is 0 Å². The SMILES string of the molecule is CN1CCN([C@@H]2CCN(Cc3ccccc3)C[C@@H]2CCC(=O)NCc2ccc3c(c2)OCO3)CC1. The van der Waals surface area contributed by atoms with Crippen molar-refractivity contribution in [1.29, 1.82) is 0 Å². The molecule has 2 aromatic rings. The lowest BCUT2D eigenvalue weighted by molar-refractivity contribution is -0.121. The number of carbonyl (C=O) groups excluding carboxylic acids is 1. The summed E-state index contributed by atoms with van der Waals surface area (Å²) in [4.78, 5) is 20.5. The van der Waals surface area contributed by atoms with E-state index in [1.165, 1.54) is 12.0 Å². The van der Waals surface area contributed by atoms with Crippen molar-refractivity contribution in [1.82, 2.24) is 20.0 Å². The molecule has 0 aliphatic carbocycles. The molecule has 7 heteroatoms. The number of likely N-dealkylation sites (N-methyl/N-ethyl adjacent to an activating group) is 1. The Morgan fingerprint density at radius 2 is 1.77 bits per heavy atom. The zero-order valence-electron chi connectivity index (χ0n) is 20.8. The number of rotatable bonds is 8. The Kier molecular flexibility index (Phi) is 7.86. The fourth-order valence-electron chi connectivity index (χ4n) is 5.65. The van der Waals surface area contributed by atoms with Gasteiger partial charge in [0, 0.05) is 58.3 Å². The largest absolute Gasteiger partial charge is 0.454 e. The summed E-state index contributed by atoms with van der Waals surface area (Å²) in [6.07, 6.45) is 2.67. The zero-order chi connectivity index (χ0) is 24.0. The average Bonchev–Trinajstić information content (AvgIpc) is 3.36. The molecule has 3 heterocycles. The van der Waals surface area contributed by atoms with Crippen LogP contribution in [0, 0.1) is 5.92 Å². The van der Waals surface area contributed by atoms with E-state index in [4.69, 9.17) is 9.47 Å². The van der Waals surface area contributed by atoms with Crippen molar-refractivity contribution in [2.24, 2.45) is 5.92 Å². The summed E-state index contributed by atoms with van der Waals surface area (Å²) in [6.45, 7) is 8.48. The van der Waals surface area contributed by atoms with E-state index in [0.29, 0.717) is 24.9 Å². The van der Waals surface area contributed by atoms with Crippen molar-refractivity contribution in [2.75, 3.05) is 53.1 Å². The molecule has 1 N–H and O–H groups in total. The van der Waals surface area contributed by atoms with E-state index in [-0.39, 0.29) is 12.7 Å². The fraction of sp³-hybridized carbons (Fsp3) is 0.536. The number of hydrogen-bond acceptors (Lipinski definition) is 6. The molecule has 0 radical (unpaired) electrons. The van der Waals surface area contributed by atoms with E-state index in [2.05, 4.69) is 57.4 Å². The van der Waals surface area contributed by atoms with Crippen molar-refractivity contribution < 1.29 is 14.3 Å². The van der Waals surface area contributed by atoms with Gasteiger partial charge in [0.05, 0.1) is 0 Å². The van der Waals surface area contributed by atoms with Crippen LogP contribution < -0.4 is 14.8 Å². The zero-order valence-corrected chi connectivity index (χ0v) is 20.8. The number of nitrogens with zero attached hydrogens (tertiary/aromatic N) is 3. The summed E-state index contributed by atoms with van der Waals surface area (Å²) >= 11 is 0. The summed E-state index contributed by atoms with van der Waals surface area (Å²) in [5.74, 6) is 2.16. The van der Waals surface area contributed by atoms with Gasteiger partial charge in [0.1, 0.15) is 0 Å². The summed E-state index contributed by atoms with van der Waals surface area (Å²) in [5.41, 5.74) is 2.40. The second-order valence-corrected chi connectivity index (χ2v) is 10.2. The van der Waals surface area contributed by atoms with Gasteiger partial charge in [-0.25, -0.2) is 0 Å². The number of ether oxygens (including phenoxy) is 2. The van der Waals surface area contributed by atoms with Crippen molar-refractivity contribution >= 4 is 5.91 Å². The first-order valence-corrected chi connectivity index (χ1v) is 13.0. The molecule has 2 aromatic carbocycles. The minimum Gasteiger partial charge on any atom is -0.454 e. The Balaban J connectivity index is 1.16. The standard InChI is InChI=1S/C28H38N4O3/c1-30-13-15-32(16-14-30)25-11-12-31(19-22-5-3-2-4-6-22)20-24(25)8-10-28(33)29-18-23-7-9-26-27(17-23)35-21-34-26/h2-7,9,17,24-25H,8,10-16,18-21H2,1H3,(H,29,33)/t24-,25+/m0/s1. The predicted molar refractivity (Wildman–Crippen MR) is 136 cm³/mol. The highest BCUT2D eigenvalue weighted by molar-refractivity contribution is 5.75. The van der Waals surface area contributed by atoms with Gasteiger partial charge in [-0.15, -0.1) is 0 Å². The lowest BCUT2D eigenvalue weighted by Gasteiger charge is -2.46. The molecule has 2 saturated heterocycles.